The Balaban J connectivity index is 1.58. The minimum absolute atomic E-state index is 0.0432. The van der Waals surface area contributed by atoms with E-state index in [1.807, 2.05) is 0 Å². The van der Waals surface area contributed by atoms with Crippen LogP contribution in [-0.2, 0) is 14.9 Å². The highest BCUT2D eigenvalue weighted by molar-refractivity contribution is 7.86. The predicted molar refractivity (Wildman–Crippen MR) is 178 cm³/mol. The first kappa shape index (κ1) is 36.9. The van der Waals surface area contributed by atoms with E-state index in [-0.39, 0.29) is 40.9 Å². The van der Waals surface area contributed by atoms with Gasteiger partial charge in [0.05, 0.1) is 46.9 Å². The summed E-state index contributed by atoms with van der Waals surface area (Å²) >= 11 is 0. The van der Waals surface area contributed by atoms with Gasteiger partial charge in [0.25, 0.3) is 5.91 Å². The second-order valence-corrected chi connectivity index (χ2v) is 13.2. The van der Waals surface area contributed by atoms with Gasteiger partial charge >= 0.3 is 16.1 Å². The quantitative estimate of drug-likeness (QED) is 0.319. The zero-order valence-electron chi connectivity index (χ0n) is 28.4. The normalized spacial score (nSPS) is 21.2. The summed E-state index contributed by atoms with van der Waals surface area (Å²) in [5.74, 6) is 0.188. The van der Waals surface area contributed by atoms with Gasteiger partial charge in [-0.15, -0.1) is 0 Å². The minimum Gasteiger partial charge on any atom is -0.493 e. The smallest absolute Gasteiger partial charge is 0.338 e. The number of carbonyl (C=O) groups excluding carboxylic acids is 2. The molecular formula is C33H47N3O11S. The molecule has 3 atom stereocenters. The van der Waals surface area contributed by atoms with E-state index < -0.39 is 22.2 Å². The van der Waals surface area contributed by atoms with E-state index in [0.717, 1.165) is 58.4 Å². The molecule has 14 nitrogen and oxygen atoms in total. The van der Waals surface area contributed by atoms with Crippen molar-refractivity contribution in [1.29, 1.82) is 0 Å². The van der Waals surface area contributed by atoms with Crippen LogP contribution in [0.3, 0.4) is 0 Å². The fraction of sp³-hybridized carbons (Fsp3) is 0.576. The zero-order chi connectivity index (χ0) is 34.7. The van der Waals surface area contributed by atoms with Gasteiger partial charge in [-0.05, 0) is 76.0 Å². The molecule has 2 aliphatic rings. The Morgan fingerprint density at radius 3 is 2.06 bits per heavy atom. The average molecular weight is 694 g/mol. The van der Waals surface area contributed by atoms with Crippen LogP contribution in [0.15, 0.2) is 24.3 Å². The highest BCUT2D eigenvalue weighted by Gasteiger charge is 2.24. The highest BCUT2D eigenvalue weighted by Crippen LogP contribution is 2.40. The lowest BCUT2D eigenvalue weighted by molar-refractivity contribution is 0.0221. The van der Waals surface area contributed by atoms with Crippen LogP contribution in [0, 0.1) is 0 Å². The van der Waals surface area contributed by atoms with Gasteiger partial charge in [-0.3, -0.25) is 4.79 Å². The molecule has 15 heteroatoms. The van der Waals surface area contributed by atoms with Crippen molar-refractivity contribution in [3.63, 3.8) is 0 Å². The monoisotopic (exact) mass is 693 g/mol. The van der Waals surface area contributed by atoms with Crippen LogP contribution in [0.5, 0.6) is 34.5 Å². The second-order valence-electron chi connectivity index (χ2n) is 11.7. The molecule has 1 saturated heterocycles. The second kappa shape index (κ2) is 17.4. The van der Waals surface area contributed by atoms with Crippen molar-refractivity contribution in [3.8, 4) is 34.5 Å². The van der Waals surface area contributed by atoms with E-state index in [1.165, 1.54) is 40.6 Å². The summed E-state index contributed by atoms with van der Waals surface area (Å²) in [5, 5.41) is 2.92. The first-order chi connectivity index (χ1) is 23.0. The molecule has 1 fully saturated rings. The molecular weight excluding hydrogens is 646 g/mol. The van der Waals surface area contributed by atoms with Crippen LogP contribution < -0.4 is 33.2 Å². The maximum Gasteiger partial charge on any atom is 0.338 e. The Hall–Kier alpha value is -3.95. The van der Waals surface area contributed by atoms with Gasteiger partial charge in [-0.25, -0.2) is 4.79 Å². The third-order valence-corrected chi connectivity index (χ3v) is 8.70. The van der Waals surface area contributed by atoms with E-state index in [9.17, 15) is 18.0 Å². The number of fused-ring (bicyclic) bond motifs is 5. The molecule has 2 aromatic carbocycles. The Labute approximate surface area is 282 Å². The molecule has 0 saturated carbocycles. The molecule has 2 heterocycles. The third-order valence-electron chi connectivity index (χ3n) is 8.22. The summed E-state index contributed by atoms with van der Waals surface area (Å²) in [5.41, 5.74) is 0.435. The van der Waals surface area contributed by atoms with Gasteiger partial charge in [-0.1, -0.05) is 0 Å². The number of rotatable bonds is 8. The van der Waals surface area contributed by atoms with E-state index in [4.69, 9.17) is 32.6 Å². The van der Waals surface area contributed by atoms with Crippen molar-refractivity contribution in [2.75, 3.05) is 87.1 Å². The van der Waals surface area contributed by atoms with E-state index >= 15 is 0 Å². The molecule has 2 aliphatic heterocycles. The lowest BCUT2D eigenvalue weighted by Crippen LogP contribution is -2.34. The number of benzene rings is 2. The van der Waals surface area contributed by atoms with Crippen molar-refractivity contribution in [2.24, 2.45) is 0 Å². The Kier molecular flexibility index (Phi) is 13.4. The molecule has 4 bridgehead atoms. The molecule has 266 valence electrons. The number of amides is 1. The zero-order valence-corrected chi connectivity index (χ0v) is 29.2. The van der Waals surface area contributed by atoms with Crippen LogP contribution in [0.25, 0.3) is 0 Å². The molecule has 48 heavy (non-hydrogen) atoms. The average Bonchev–Trinajstić information content (AvgIpc) is 3.30. The van der Waals surface area contributed by atoms with Gasteiger partial charge in [-0.2, -0.15) is 8.42 Å². The standard InChI is InChI=1S/C33H47N3O11S/c1-41-26-21-24(22-27(42-2)30(26)43-3)33(38)46-25-9-6-18-45-28-19-23(20-29(31(28)44-4)47-48(5,39)40)32(37)34-11-7-12-35-13-8-14-36(15-10-25)17-16-35/h19-22,25H,6-18H2,1-5H3,(H,34,37)/t25-/m1/s1. The molecule has 2 unspecified atom stereocenters. The van der Waals surface area contributed by atoms with Crippen LogP contribution in [0.2, 0.25) is 0 Å². The number of nitrogens with one attached hydrogen (secondary N) is 1. The number of hydrogen-bond acceptors (Lipinski definition) is 13. The minimum atomic E-state index is -3.94. The summed E-state index contributed by atoms with van der Waals surface area (Å²) in [6.07, 6.45) is 3.79. The van der Waals surface area contributed by atoms with Gasteiger partial charge in [0.2, 0.25) is 11.5 Å². The van der Waals surface area contributed by atoms with Gasteiger partial charge < -0.3 is 47.7 Å². The number of ether oxygens (including phenoxy) is 6. The SMILES string of the molecule is COc1cc(C(=O)O[C@@H]2CCCOc3cc(cc(OS(C)(=O)=O)c3OC)C(=O)NCCCN3CCCN(CC2)CC3)cc(OC)c1OC. The van der Waals surface area contributed by atoms with Crippen LogP contribution >= 0.6 is 0 Å². The van der Waals surface area contributed by atoms with Gasteiger partial charge in [0.1, 0.15) is 6.10 Å². The molecule has 2 aromatic rings. The summed E-state index contributed by atoms with van der Waals surface area (Å²) in [6, 6.07) is 5.95. The van der Waals surface area contributed by atoms with Crippen molar-refractivity contribution in [3.05, 3.63) is 35.4 Å². The van der Waals surface area contributed by atoms with Gasteiger partial charge in [0, 0.05) is 31.7 Å². The molecule has 4 rings (SSSR count). The summed E-state index contributed by atoms with van der Waals surface area (Å²) < 4.78 is 63.0. The number of hydrogen-bond donors (Lipinski definition) is 1. The van der Waals surface area contributed by atoms with Crippen molar-refractivity contribution >= 4 is 22.0 Å². The molecule has 1 amide bonds. The van der Waals surface area contributed by atoms with E-state index in [1.54, 1.807) is 12.1 Å². The number of methoxy groups -OCH3 is 4. The first-order valence-corrected chi connectivity index (χ1v) is 17.8. The topological polar surface area (TPSA) is 151 Å². The molecule has 0 aromatic heterocycles. The molecule has 1 N–H and O–H groups in total. The van der Waals surface area contributed by atoms with Crippen LogP contribution in [-0.4, -0.2) is 123 Å². The molecule has 0 spiro atoms. The lowest BCUT2D eigenvalue weighted by Gasteiger charge is -2.25. The summed E-state index contributed by atoms with van der Waals surface area (Å²) in [7, 11) is 1.88. The molecule has 0 aliphatic carbocycles. The third kappa shape index (κ3) is 10.3. The number of carbonyl (C=O) groups is 2. The fourth-order valence-electron chi connectivity index (χ4n) is 5.82. The Bertz CT molecular complexity index is 1490. The van der Waals surface area contributed by atoms with Crippen LogP contribution in [0.1, 0.15) is 52.8 Å². The van der Waals surface area contributed by atoms with E-state index in [2.05, 4.69) is 15.1 Å². The van der Waals surface area contributed by atoms with Crippen molar-refractivity contribution < 1.29 is 50.6 Å². The molecule has 0 radical (unpaired) electrons. The maximum absolute atomic E-state index is 13.5. The van der Waals surface area contributed by atoms with Gasteiger partial charge in [0.15, 0.2) is 23.0 Å². The van der Waals surface area contributed by atoms with Crippen molar-refractivity contribution in [1.82, 2.24) is 15.1 Å². The maximum atomic E-state index is 13.5. The largest absolute Gasteiger partial charge is 0.493 e. The summed E-state index contributed by atoms with van der Waals surface area (Å²) in [4.78, 5) is 31.4. The van der Waals surface area contributed by atoms with Crippen LogP contribution in [0.4, 0.5) is 0 Å². The predicted octanol–water partition coefficient (Wildman–Crippen LogP) is 2.98. The number of esters is 1. The summed E-state index contributed by atoms with van der Waals surface area (Å²) in [6.45, 7) is 5.86. The Morgan fingerprint density at radius 1 is 0.792 bits per heavy atom. The lowest BCUT2D eigenvalue weighted by atomic mass is 10.1. The van der Waals surface area contributed by atoms with E-state index in [0.29, 0.717) is 43.1 Å². The number of nitrogens with zero attached hydrogens (tertiary/aromatic N) is 2. The first-order valence-electron chi connectivity index (χ1n) is 16.0. The Morgan fingerprint density at radius 2 is 1.44 bits per heavy atom. The van der Waals surface area contributed by atoms with Crippen molar-refractivity contribution in [2.45, 2.75) is 38.2 Å². The highest BCUT2D eigenvalue weighted by atomic mass is 32.2. The fourth-order valence-corrected chi connectivity index (χ4v) is 6.27.